The molecule has 0 aliphatic heterocycles. The Bertz CT molecular complexity index is 396. The minimum atomic E-state index is -0.416. The molecule has 2 unspecified atom stereocenters. The summed E-state index contributed by atoms with van der Waals surface area (Å²) in [5.41, 5.74) is 2.40. The number of benzene rings is 1. The zero-order chi connectivity index (χ0) is 13.8. The highest BCUT2D eigenvalue weighted by molar-refractivity contribution is 5.54. The quantitative estimate of drug-likeness (QED) is 0.807. The topological polar surface area (TPSA) is 20.2 Å². The van der Waals surface area contributed by atoms with E-state index in [9.17, 15) is 5.11 Å². The van der Waals surface area contributed by atoms with Gasteiger partial charge in [-0.25, -0.2) is 0 Å². The van der Waals surface area contributed by atoms with Gasteiger partial charge in [-0.3, -0.25) is 0 Å². The molecule has 0 spiro atoms. The van der Waals surface area contributed by atoms with Gasteiger partial charge in [-0.2, -0.15) is 0 Å². The molecule has 1 nitrogen and oxygen atoms in total. The SMILES string of the molecule is CCC(/C=C/c1ccccc1C(C)O)C(C)(C)C. The fourth-order valence-corrected chi connectivity index (χ4v) is 2.30. The number of aliphatic hydroxyl groups excluding tert-OH is 1. The smallest absolute Gasteiger partial charge is 0.0767 e. The fraction of sp³-hybridized carbons (Fsp3) is 0.529. The molecule has 100 valence electrons. The molecular formula is C17H26O. The first-order chi connectivity index (χ1) is 8.36. The van der Waals surface area contributed by atoms with Crippen molar-refractivity contribution in [3.8, 4) is 0 Å². The van der Waals surface area contributed by atoms with Crippen molar-refractivity contribution in [2.24, 2.45) is 11.3 Å². The average molecular weight is 246 g/mol. The summed E-state index contributed by atoms with van der Waals surface area (Å²) >= 11 is 0. The molecule has 1 N–H and O–H groups in total. The van der Waals surface area contributed by atoms with Crippen LogP contribution in [0, 0.1) is 11.3 Å². The van der Waals surface area contributed by atoms with Crippen LogP contribution in [0.15, 0.2) is 30.3 Å². The van der Waals surface area contributed by atoms with E-state index in [1.54, 1.807) is 0 Å². The molecule has 0 amide bonds. The van der Waals surface area contributed by atoms with E-state index in [1.807, 2.05) is 25.1 Å². The van der Waals surface area contributed by atoms with Crippen LogP contribution in [0.3, 0.4) is 0 Å². The van der Waals surface area contributed by atoms with Gasteiger partial charge < -0.3 is 5.11 Å². The van der Waals surface area contributed by atoms with E-state index in [2.05, 4.69) is 45.9 Å². The van der Waals surface area contributed by atoms with Crippen LogP contribution in [-0.2, 0) is 0 Å². The molecule has 0 saturated heterocycles. The Morgan fingerprint density at radius 1 is 1.22 bits per heavy atom. The van der Waals surface area contributed by atoms with Crippen LogP contribution in [0.5, 0.6) is 0 Å². The van der Waals surface area contributed by atoms with Crippen molar-refractivity contribution in [1.29, 1.82) is 0 Å². The third-order valence-corrected chi connectivity index (χ3v) is 3.51. The molecule has 0 heterocycles. The van der Waals surface area contributed by atoms with Gasteiger partial charge in [0.15, 0.2) is 0 Å². The second kappa shape index (κ2) is 6.19. The number of aliphatic hydroxyl groups is 1. The first-order valence-corrected chi connectivity index (χ1v) is 6.81. The molecule has 1 aromatic carbocycles. The van der Waals surface area contributed by atoms with Gasteiger partial charge >= 0.3 is 0 Å². The molecule has 0 aliphatic rings. The Labute approximate surface area is 112 Å². The maximum absolute atomic E-state index is 9.75. The van der Waals surface area contributed by atoms with Gasteiger partial charge in [0.25, 0.3) is 0 Å². The maximum atomic E-state index is 9.75. The first-order valence-electron chi connectivity index (χ1n) is 6.81. The van der Waals surface area contributed by atoms with Crippen LogP contribution in [0.1, 0.15) is 58.3 Å². The van der Waals surface area contributed by atoms with E-state index in [4.69, 9.17) is 0 Å². The minimum Gasteiger partial charge on any atom is -0.389 e. The molecule has 2 atom stereocenters. The summed E-state index contributed by atoms with van der Waals surface area (Å²) in [5.74, 6) is 0.555. The Hall–Kier alpha value is -1.08. The van der Waals surface area contributed by atoms with Crippen LogP contribution in [0.4, 0.5) is 0 Å². The Morgan fingerprint density at radius 2 is 1.83 bits per heavy atom. The summed E-state index contributed by atoms with van der Waals surface area (Å²) in [4.78, 5) is 0. The molecular weight excluding hydrogens is 220 g/mol. The van der Waals surface area contributed by atoms with Crippen molar-refractivity contribution in [2.45, 2.75) is 47.1 Å². The highest BCUT2D eigenvalue weighted by atomic mass is 16.3. The fourth-order valence-electron chi connectivity index (χ4n) is 2.30. The summed E-state index contributed by atoms with van der Waals surface area (Å²) < 4.78 is 0. The van der Waals surface area contributed by atoms with E-state index in [1.165, 1.54) is 0 Å². The Balaban J connectivity index is 2.96. The molecule has 0 saturated carbocycles. The second-order valence-electron chi connectivity index (χ2n) is 6.04. The third-order valence-electron chi connectivity index (χ3n) is 3.51. The van der Waals surface area contributed by atoms with E-state index < -0.39 is 6.10 Å². The van der Waals surface area contributed by atoms with Crippen LogP contribution >= 0.6 is 0 Å². The lowest BCUT2D eigenvalue weighted by atomic mass is 9.78. The van der Waals surface area contributed by atoms with Gasteiger partial charge in [-0.1, -0.05) is 64.1 Å². The lowest BCUT2D eigenvalue weighted by molar-refractivity contribution is 0.199. The average Bonchev–Trinajstić information content (AvgIpc) is 2.28. The van der Waals surface area contributed by atoms with E-state index in [-0.39, 0.29) is 5.41 Å². The largest absolute Gasteiger partial charge is 0.389 e. The van der Waals surface area contributed by atoms with Crippen LogP contribution < -0.4 is 0 Å². The van der Waals surface area contributed by atoms with E-state index >= 15 is 0 Å². The number of hydrogen-bond donors (Lipinski definition) is 1. The van der Waals surface area contributed by atoms with Crippen molar-refractivity contribution in [3.63, 3.8) is 0 Å². The minimum absolute atomic E-state index is 0.283. The van der Waals surface area contributed by atoms with Gasteiger partial charge in [-0.05, 0) is 35.8 Å². The molecule has 1 aromatic rings. The maximum Gasteiger partial charge on any atom is 0.0767 e. The normalized spacial score (nSPS) is 15.9. The molecule has 1 heteroatoms. The van der Waals surface area contributed by atoms with Crippen LogP contribution in [-0.4, -0.2) is 5.11 Å². The predicted molar refractivity (Wildman–Crippen MR) is 79.3 cm³/mol. The number of hydrogen-bond acceptors (Lipinski definition) is 1. The van der Waals surface area contributed by atoms with Gasteiger partial charge in [0, 0.05) is 0 Å². The van der Waals surface area contributed by atoms with Gasteiger partial charge in [-0.15, -0.1) is 0 Å². The molecule has 0 aliphatic carbocycles. The first kappa shape index (κ1) is 15.0. The van der Waals surface area contributed by atoms with Crippen molar-refractivity contribution in [2.75, 3.05) is 0 Å². The van der Waals surface area contributed by atoms with Gasteiger partial charge in [0.05, 0.1) is 6.10 Å². The standard InChI is InChI=1S/C17H26O/c1-6-15(17(3,4)5)12-11-14-9-7-8-10-16(14)13(2)18/h7-13,15,18H,6H2,1-5H3/b12-11+. The second-order valence-corrected chi connectivity index (χ2v) is 6.04. The highest BCUT2D eigenvalue weighted by Gasteiger charge is 2.20. The summed E-state index contributed by atoms with van der Waals surface area (Å²) in [6.07, 6.45) is 5.15. The van der Waals surface area contributed by atoms with E-state index in [0.29, 0.717) is 5.92 Å². The molecule has 0 fully saturated rings. The Morgan fingerprint density at radius 3 is 2.33 bits per heavy atom. The molecule has 0 radical (unpaired) electrons. The van der Waals surface area contributed by atoms with Crippen LogP contribution in [0.2, 0.25) is 0 Å². The zero-order valence-electron chi connectivity index (χ0n) is 12.3. The third kappa shape index (κ3) is 3.99. The van der Waals surface area contributed by atoms with E-state index in [0.717, 1.165) is 17.5 Å². The summed E-state index contributed by atoms with van der Waals surface area (Å²) in [6, 6.07) is 8.04. The van der Waals surface area contributed by atoms with Crippen molar-refractivity contribution in [1.82, 2.24) is 0 Å². The summed E-state index contributed by atoms with van der Waals surface area (Å²) in [5, 5.41) is 9.75. The summed E-state index contributed by atoms with van der Waals surface area (Å²) in [7, 11) is 0. The Kier molecular flexibility index (Phi) is 5.15. The highest BCUT2D eigenvalue weighted by Crippen LogP contribution is 2.30. The molecule has 0 bridgehead atoms. The predicted octanol–water partition coefficient (Wildman–Crippen LogP) is 4.83. The van der Waals surface area contributed by atoms with Crippen molar-refractivity contribution in [3.05, 3.63) is 41.5 Å². The van der Waals surface area contributed by atoms with Gasteiger partial charge in [0.1, 0.15) is 0 Å². The monoisotopic (exact) mass is 246 g/mol. The number of rotatable bonds is 4. The molecule has 1 rings (SSSR count). The summed E-state index contributed by atoms with van der Waals surface area (Å²) in [6.45, 7) is 10.8. The van der Waals surface area contributed by atoms with Gasteiger partial charge in [0.2, 0.25) is 0 Å². The molecule has 0 aromatic heterocycles. The van der Waals surface area contributed by atoms with Crippen LogP contribution in [0.25, 0.3) is 6.08 Å². The van der Waals surface area contributed by atoms with Crippen molar-refractivity contribution >= 4 is 6.08 Å². The number of allylic oxidation sites excluding steroid dienone is 1. The van der Waals surface area contributed by atoms with Crippen molar-refractivity contribution < 1.29 is 5.11 Å². The lowest BCUT2D eigenvalue weighted by Crippen LogP contribution is -2.17. The molecule has 18 heavy (non-hydrogen) atoms. The lowest BCUT2D eigenvalue weighted by Gasteiger charge is -2.27. The zero-order valence-corrected chi connectivity index (χ0v) is 12.3.